The van der Waals surface area contributed by atoms with Gasteiger partial charge in [-0.25, -0.2) is 4.39 Å². The molecular formula is C16H15FN2. The Hall–Kier alpha value is -2.16. The zero-order chi connectivity index (χ0) is 13.2. The Bertz CT molecular complexity index is 607. The number of halogens is 1. The quantitative estimate of drug-likeness (QED) is 0.873. The first-order chi connectivity index (χ1) is 9.25. The van der Waals surface area contributed by atoms with Crippen LogP contribution in [0.3, 0.4) is 0 Å². The van der Waals surface area contributed by atoms with E-state index >= 15 is 0 Å². The van der Waals surface area contributed by atoms with Crippen molar-refractivity contribution < 1.29 is 4.39 Å². The molecule has 1 aliphatic rings. The van der Waals surface area contributed by atoms with Crippen molar-refractivity contribution in [3.05, 3.63) is 71.5 Å². The van der Waals surface area contributed by atoms with Crippen LogP contribution in [0.25, 0.3) is 0 Å². The van der Waals surface area contributed by atoms with E-state index < -0.39 is 0 Å². The minimum atomic E-state index is -0.241. The minimum absolute atomic E-state index is 0.0378. The Morgan fingerprint density at radius 2 is 1.68 bits per heavy atom. The molecule has 2 nitrogen and oxygen atoms in total. The molecule has 96 valence electrons. The summed E-state index contributed by atoms with van der Waals surface area (Å²) in [4.78, 5) is 4.64. The third-order valence-corrected chi connectivity index (χ3v) is 3.38. The maximum Gasteiger partial charge on any atom is 0.134 e. The lowest BCUT2D eigenvalue weighted by Gasteiger charge is -2.13. The molecule has 3 rings (SSSR count). The highest BCUT2D eigenvalue weighted by Gasteiger charge is 2.27. The summed E-state index contributed by atoms with van der Waals surface area (Å²) in [5.74, 6) is 0.397. The summed E-state index contributed by atoms with van der Waals surface area (Å²) in [7, 11) is 0. The van der Waals surface area contributed by atoms with Crippen LogP contribution in [0.1, 0.15) is 24.1 Å². The molecule has 0 unspecified atom stereocenters. The predicted octanol–water partition coefficient (Wildman–Crippen LogP) is 3.31. The summed E-state index contributed by atoms with van der Waals surface area (Å²) in [5.41, 5.74) is 1.68. The normalized spacial score (nSPS) is 21.9. The van der Waals surface area contributed by atoms with E-state index in [2.05, 4.69) is 29.4 Å². The van der Waals surface area contributed by atoms with Gasteiger partial charge >= 0.3 is 0 Å². The topological polar surface area (TPSA) is 24.4 Å². The second-order valence-corrected chi connectivity index (χ2v) is 4.75. The number of nitrogens with one attached hydrogen (secondary N) is 1. The van der Waals surface area contributed by atoms with Crippen LogP contribution in [-0.4, -0.2) is 11.9 Å². The average Bonchev–Trinajstić information content (AvgIpc) is 2.82. The third kappa shape index (κ3) is 2.24. The van der Waals surface area contributed by atoms with Crippen LogP contribution >= 0.6 is 0 Å². The Labute approximate surface area is 112 Å². The molecule has 3 heteroatoms. The van der Waals surface area contributed by atoms with Gasteiger partial charge in [0.05, 0.1) is 17.6 Å². The van der Waals surface area contributed by atoms with Gasteiger partial charge in [0.1, 0.15) is 11.7 Å². The molecule has 0 aliphatic carbocycles. The Balaban J connectivity index is 1.96. The van der Waals surface area contributed by atoms with E-state index in [1.165, 1.54) is 6.07 Å². The van der Waals surface area contributed by atoms with Crippen molar-refractivity contribution in [2.75, 3.05) is 0 Å². The van der Waals surface area contributed by atoms with Crippen molar-refractivity contribution in [2.24, 2.45) is 4.99 Å². The molecule has 1 aliphatic heterocycles. The monoisotopic (exact) mass is 254 g/mol. The van der Waals surface area contributed by atoms with E-state index in [0.29, 0.717) is 11.4 Å². The van der Waals surface area contributed by atoms with Gasteiger partial charge in [0.15, 0.2) is 0 Å². The fraction of sp³-hybridized carbons (Fsp3) is 0.188. The van der Waals surface area contributed by atoms with Crippen LogP contribution in [0.2, 0.25) is 0 Å². The number of benzene rings is 2. The molecule has 0 aromatic heterocycles. The first kappa shape index (κ1) is 11.9. The number of rotatable bonds is 2. The summed E-state index contributed by atoms with van der Waals surface area (Å²) < 4.78 is 13.8. The Kier molecular flexibility index (Phi) is 3.03. The SMILES string of the molecule is C[C@H]1NC(c2ccccc2F)=N[C@@H]1c1ccccc1. The maximum absolute atomic E-state index is 13.8. The summed E-state index contributed by atoms with van der Waals surface area (Å²) >= 11 is 0. The summed E-state index contributed by atoms with van der Waals surface area (Å²) in [5, 5.41) is 3.27. The van der Waals surface area contributed by atoms with Gasteiger partial charge in [-0.1, -0.05) is 42.5 Å². The largest absolute Gasteiger partial charge is 0.365 e. The van der Waals surface area contributed by atoms with E-state index in [-0.39, 0.29) is 17.9 Å². The zero-order valence-corrected chi connectivity index (χ0v) is 10.7. The van der Waals surface area contributed by atoms with Gasteiger partial charge in [-0.05, 0) is 24.6 Å². The van der Waals surface area contributed by atoms with Gasteiger partial charge in [-0.15, -0.1) is 0 Å². The van der Waals surface area contributed by atoms with Crippen molar-refractivity contribution >= 4 is 5.84 Å². The van der Waals surface area contributed by atoms with Gasteiger partial charge in [0, 0.05) is 0 Å². The number of aliphatic imine (C=N–C) groups is 1. The highest BCUT2D eigenvalue weighted by Crippen LogP contribution is 2.27. The fourth-order valence-electron chi connectivity index (χ4n) is 2.40. The smallest absolute Gasteiger partial charge is 0.134 e. The van der Waals surface area contributed by atoms with Crippen LogP contribution < -0.4 is 5.32 Å². The fourth-order valence-corrected chi connectivity index (χ4v) is 2.40. The van der Waals surface area contributed by atoms with Crippen molar-refractivity contribution in [3.8, 4) is 0 Å². The molecule has 19 heavy (non-hydrogen) atoms. The second-order valence-electron chi connectivity index (χ2n) is 4.75. The second kappa shape index (κ2) is 4.84. The standard InChI is InChI=1S/C16H15FN2/c1-11-15(12-7-3-2-4-8-12)19-16(18-11)13-9-5-6-10-14(13)17/h2-11,15H,1H3,(H,18,19)/t11-,15+/m1/s1. The van der Waals surface area contributed by atoms with Crippen LogP contribution in [0.4, 0.5) is 4.39 Å². The molecule has 0 spiro atoms. The van der Waals surface area contributed by atoms with Crippen LogP contribution in [0, 0.1) is 5.82 Å². The molecule has 0 bridgehead atoms. The molecule has 0 saturated heterocycles. The van der Waals surface area contributed by atoms with Crippen molar-refractivity contribution in [2.45, 2.75) is 19.0 Å². The van der Waals surface area contributed by atoms with Crippen molar-refractivity contribution in [3.63, 3.8) is 0 Å². The van der Waals surface area contributed by atoms with E-state index in [1.807, 2.05) is 24.3 Å². The molecule has 0 fully saturated rings. The molecular weight excluding hydrogens is 239 g/mol. The van der Waals surface area contributed by atoms with Gasteiger partial charge < -0.3 is 5.32 Å². The van der Waals surface area contributed by atoms with Gasteiger partial charge in [-0.3, -0.25) is 4.99 Å². The number of amidine groups is 1. The van der Waals surface area contributed by atoms with E-state index in [4.69, 9.17) is 0 Å². The molecule has 0 amide bonds. The highest BCUT2D eigenvalue weighted by atomic mass is 19.1. The third-order valence-electron chi connectivity index (χ3n) is 3.38. The molecule has 2 atom stereocenters. The zero-order valence-electron chi connectivity index (χ0n) is 10.7. The molecule has 2 aromatic carbocycles. The Morgan fingerprint density at radius 1 is 1.00 bits per heavy atom. The van der Waals surface area contributed by atoms with Gasteiger partial charge in [0.2, 0.25) is 0 Å². The van der Waals surface area contributed by atoms with Gasteiger partial charge in [-0.2, -0.15) is 0 Å². The lowest BCUT2D eigenvalue weighted by molar-refractivity contribution is 0.587. The highest BCUT2D eigenvalue weighted by molar-refractivity contribution is 6.00. The first-order valence-electron chi connectivity index (χ1n) is 6.40. The lowest BCUT2D eigenvalue weighted by atomic mass is 10.0. The van der Waals surface area contributed by atoms with Crippen LogP contribution in [-0.2, 0) is 0 Å². The summed E-state index contributed by atoms with van der Waals surface area (Å²) in [6.07, 6.45) is 0. The van der Waals surface area contributed by atoms with Gasteiger partial charge in [0.25, 0.3) is 0 Å². The number of hydrogen-bond acceptors (Lipinski definition) is 2. The predicted molar refractivity (Wildman–Crippen MR) is 74.7 cm³/mol. The lowest BCUT2D eigenvalue weighted by Crippen LogP contribution is -2.29. The molecule has 2 aromatic rings. The molecule has 1 heterocycles. The Morgan fingerprint density at radius 3 is 2.42 bits per heavy atom. The van der Waals surface area contributed by atoms with Crippen molar-refractivity contribution in [1.29, 1.82) is 0 Å². The summed E-state index contributed by atoms with van der Waals surface area (Å²) in [6.45, 7) is 2.06. The first-order valence-corrected chi connectivity index (χ1v) is 6.40. The molecule has 0 radical (unpaired) electrons. The van der Waals surface area contributed by atoms with E-state index in [9.17, 15) is 4.39 Å². The van der Waals surface area contributed by atoms with Crippen molar-refractivity contribution in [1.82, 2.24) is 5.32 Å². The molecule has 0 saturated carbocycles. The minimum Gasteiger partial charge on any atom is -0.365 e. The van der Waals surface area contributed by atoms with E-state index in [0.717, 1.165) is 5.56 Å². The maximum atomic E-state index is 13.8. The van der Waals surface area contributed by atoms with Crippen LogP contribution in [0.5, 0.6) is 0 Å². The van der Waals surface area contributed by atoms with Crippen LogP contribution in [0.15, 0.2) is 59.6 Å². The number of nitrogens with zero attached hydrogens (tertiary/aromatic N) is 1. The average molecular weight is 254 g/mol. The van der Waals surface area contributed by atoms with E-state index in [1.54, 1.807) is 12.1 Å². The number of hydrogen-bond donors (Lipinski definition) is 1. The summed E-state index contributed by atoms with van der Waals surface area (Å²) in [6, 6.07) is 17.0. The molecule has 1 N–H and O–H groups in total.